The largest absolute Gasteiger partial charge is 0.338 e. The standard InChI is InChI=1S/C21H25N3O2/c1-15(2)11-20(25)22-13-18-19(14-22)24(12-16-7-4-3-5-8-16)21(26)17-9-6-10-23(17)18/h3-10,15,18-19H,11-14H2,1-2H3/t18-,19+/m0/s1. The lowest BCUT2D eigenvalue weighted by Crippen LogP contribution is -2.49. The van der Waals surface area contributed by atoms with E-state index in [-0.39, 0.29) is 23.9 Å². The van der Waals surface area contributed by atoms with Crippen molar-refractivity contribution in [2.45, 2.75) is 38.9 Å². The highest BCUT2D eigenvalue weighted by Crippen LogP contribution is 2.35. The molecule has 2 aliphatic heterocycles. The first-order valence-electron chi connectivity index (χ1n) is 9.34. The molecule has 2 amide bonds. The summed E-state index contributed by atoms with van der Waals surface area (Å²) in [6, 6.07) is 14.0. The number of fused-ring (bicyclic) bond motifs is 3. The van der Waals surface area contributed by atoms with Gasteiger partial charge in [-0.3, -0.25) is 9.59 Å². The molecule has 5 heteroatoms. The van der Waals surface area contributed by atoms with Crippen LogP contribution in [-0.2, 0) is 11.3 Å². The normalized spacial score (nSPS) is 21.9. The van der Waals surface area contributed by atoms with Gasteiger partial charge in [0.2, 0.25) is 5.91 Å². The van der Waals surface area contributed by atoms with Crippen molar-refractivity contribution in [1.82, 2.24) is 14.4 Å². The Bertz CT molecular complexity index is 812. The fraction of sp³-hybridized carbons (Fsp3) is 0.429. The van der Waals surface area contributed by atoms with Gasteiger partial charge in [-0.05, 0) is 23.6 Å². The maximum atomic E-state index is 13.1. The van der Waals surface area contributed by atoms with E-state index in [0.29, 0.717) is 32.0 Å². The Morgan fingerprint density at radius 1 is 1.08 bits per heavy atom. The van der Waals surface area contributed by atoms with Crippen molar-refractivity contribution in [3.63, 3.8) is 0 Å². The molecule has 2 aliphatic rings. The van der Waals surface area contributed by atoms with Gasteiger partial charge in [-0.25, -0.2) is 0 Å². The lowest BCUT2D eigenvalue weighted by Gasteiger charge is -2.38. The summed E-state index contributed by atoms with van der Waals surface area (Å²) >= 11 is 0. The molecule has 5 nitrogen and oxygen atoms in total. The van der Waals surface area contributed by atoms with E-state index in [0.717, 1.165) is 11.3 Å². The Morgan fingerprint density at radius 3 is 2.54 bits per heavy atom. The van der Waals surface area contributed by atoms with Crippen LogP contribution in [0.5, 0.6) is 0 Å². The molecule has 26 heavy (non-hydrogen) atoms. The van der Waals surface area contributed by atoms with E-state index in [1.807, 2.05) is 58.5 Å². The fourth-order valence-electron chi connectivity index (χ4n) is 4.16. The first kappa shape index (κ1) is 16.9. The van der Waals surface area contributed by atoms with Crippen molar-refractivity contribution in [2.24, 2.45) is 5.92 Å². The van der Waals surface area contributed by atoms with Crippen molar-refractivity contribution in [3.05, 3.63) is 59.9 Å². The molecular weight excluding hydrogens is 326 g/mol. The number of carbonyl (C=O) groups excluding carboxylic acids is 2. The molecule has 2 aromatic rings. The molecule has 2 atom stereocenters. The molecule has 0 radical (unpaired) electrons. The zero-order valence-corrected chi connectivity index (χ0v) is 15.3. The monoisotopic (exact) mass is 351 g/mol. The summed E-state index contributed by atoms with van der Waals surface area (Å²) < 4.78 is 2.07. The Balaban J connectivity index is 1.63. The highest BCUT2D eigenvalue weighted by Gasteiger charge is 2.46. The maximum absolute atomic E-state index is 13.1. The Morgan fingerprint density at radius 2 is 1.81 bits per heavy atom. The van der Waals surface area contributed by atoms with E-state index < -0.39 is 0 Å². The number of aromatic nitrogens is 1. The van der Waals surface area contributed by atoms with Crippen molar-refractivity contribution in [1.29, 1.82) is 0 Å². The van der Waals surface area contributed by atoms with Gasteiger partial charge in [0, 0.05) is 32.3 Å². The summed E-state index contributed by atoms with van der Waals surface area (Å²) in [4.78, 5) is 29.6. The first-order chi connectivity index (χ1) is 12.5. The van der Waals surface area contributed by atoms with Gasteiger partial charge in [-0.1, -0.05) is 44.2 Å². The minimum atomic E-state index is 0.0266. The predicted molar refractivity (Wildman–Crippen MR) is 99.6 cm³/mol. The number of rotatable bonds is 4. The van der Waals surface area contributed by atoms with Crippen LogP contribution in [0.15, 0.2) is 48.7 Å². The van der Waals surface area contributed by atoms with Crippen LogP contribution in [0.1, 0.15) is 42.4 Å². The molecule has 0 spiro atoms. The molecule has 0 unspecified atom stereocenters. The lowest BCUT2D eigenvalue weighted by molar-refractivity contribution is -0.131. The topological polar surface area (TPSA) is 45.6 Å². The van der Waals surface area contributed by atoms with Crippen LogP contribution in [0.4, 0.5) is 0 Å². The molecule has 0 aliphatic carbocycles. The number of hydrogen-bond acceptors (Lipinski definition) is 2. The summed E-state index contributed by atoms with van der Waals surface area (Å²) in [7, 11) is 0. The first-order valence-corrected chi connectivity index (χ1v) is 9.34. The van der Waals surface area contributed by atoms with Crippen LogP contribution in [0, 0.1) is 5.92 Å². The van der Waals surface area contributed by atoms with Gasteiger partial charge in [-0.15, -0.1) is 0 Å². The van der Waals surface area contributed by atoms with E-state index in [2.05, 4.69) is 18.4 Å². The van der Waals surface area contributed by atoms with Crippen LogP contribution in [0.25, 0.3) is 0 Å². The Labute approximate surface area is 154 Å². The van der Waals surface area contributed by atoms with E-state index in [1.165, 1.54) is 0 Å². The summed E-state index contributed by atoms with van der Waals surface area (Å²) in [6.45, 7) is 6.01. The van der Waals surface area contributed by atoms with Crippen molar-refractivity contribution in [2.75, 3.05) is 13.1 Å². The number of amides is 2. The van der Waals surface area contributed by atoms with Gasteiger partial charge in [-0.2, -0.15) is 0 Å². The number of carbonyl (C=O) groups is 2. The minimum absolute atomic E-state index is 0.0266. The third kappa shape index (κ3) is 2.91. The molecule has 3 heterocycles. The van der Waals surface area contributed by atoms with Crippen molar-refractivity contribution in [3.8, 4) is 0 Å². The van der Waals surface area contributed by atoms with Gasteiger partial charge < -0.3 is 14.4 Å². The average Bonchev–Trinajstić information content (AvgIpc) is 3.25. The van der Waals surface area contributed by atoms with Crippen LogP contribution in [-0.4, -0.2) is 45.3 Å². The SMILES string of the molecule is CC(C)CC(=O)N1C[C@@H]2[C@H](C1)n1cccc1C(=O)N2Cc1ccccc1. The van der Waals surface area contributed by atoms with E-state index >= 15 is 0 Å². The Kier molecular flexibility index (Phi) is 4.31. The quantitative estimate of drug-likeness (QED) is 0.850. The van der Waals surface area contributed by atoms with Crippen molar-refractivity contribution < 1.29 is 9.59 Å². The third-order valence-electron chi connectivity index (χ3n) is 5.41. The number of benzene rings is 1. The molecule has 1 aromatic carbocycles. The van der Waals surface area contributed by atoms with E-state index in [1.54, 1.807) is 0 Å². The minimum Gasteiger partial charge on any atom is -0.338 e. The van der Waals surface area contributed by atoms with Crippen LogP contribution in [0.3, 0.4) is 0 Å². The molecule has 1 aromatic heterocycles. The zero-order chi connectivity index (χ0) is 18.3. The van der Waals surface area contributed by atoms with E-state index in [4.69, 9.17) is 0 Å². The molecule has 1 saturated heterocycles. The van der Waals surface area contributed by atoms with Gasteiger partial charge >= 0.3 is 0 Å². The average molecular weight is 351 g/mol. The maximum Gasteiger partial charge on any atom is 0.271 e. The number of likely N-dealkylation sites (tertiary alicyclic amines) is 1. The molecule has 1 fully saturated rings. The summed E-state index contributed by atoms with van der Waals surface area (Å²) in [5.74, 6) is 0.586. The van der Waals surface area contributed by atoms with Crippen LogP contribution >= 0.6 is 0 Å². The van der Waals surface area contributed by atoms with Gasteiger partial charge in [0.1, 0.15) is 5.69 Å². The summed E-state index contributed by atoms with van der Waals surface area (Å²) in [5.41, 5.74) is 1.84. The predicted octanol–water partition coefficient (Wildman–Crippen LogP) is 2.94. The molecule has 0 bridgehead atoms. The number of nitrogens with zero attached hydrogens (tertiary/aromatic N) is 3. The van der Waals surface area contributed by atoms with Gasteiger partial charge in [0.05, 0.1) is 12.1 Å². The highest BCUT2D eigenvalue weighted by molar-refractivity contribution is 5.94. The third-order valence-corrected chi connectivity index (χ3v) is 5.41. The molecule has 136 valence electrons. The highest BCUT2D eigenvalue weighted by atomic mass is 16.2. The second kappa shape index (κ2) is 6.63. The van der Waals surface area contributed by atoms with Crippen molar-refractivity contribution >= 4 is 11.8 Å². The van der Waals surface area contributed by atoms with Crippen LogP contribution in [0.2, 0.25) is 0 Å². The molecule has 0 N–H and O–H groups in total. The fourth-order valence-corrected chi connectivity index (χ4v) is 4.16. The Hall–Kier alpha value is -2.56. The number of hydrogen-bond donors (Lipinski definition) is 0. The second-order valence-corrected chi connectivity index (χ2v) is 7.75. The van der Waals surface area contributed by atoms with Gasteiger partial charge in [0.15, 0.2) is 0 Å². The smallest absolute Gasteiger partial charge is 0.271 e. The zero-order valence-electron chi connectivity index (χ0n) is 15.3. The second-order valence-electron chi connectivity index (χ2n) is 7.75. The van der Waals surface area contributed by atoms with Gasteiger partial charge in [0.25, 0.3) is 5.91 Å². The van der Waals surface area contributed by atoms with E-state index in [9.17, 15) is 9.59 Å². The molecule has 4 rings (SSSR count). The summed E-state index contributed by atoms with van der Waals surface area (Å²) in [6.07, 6.45) is 2.53. The molecular formula is C21H25N3O2. The summed E-state index contributed by atoms with van der Waals surface area (Å²) in [5, 5.41) is 0. The lowest BCUT2D eigenvalue weighted by atomic mass is 10.0. The molecule has 0 saturated carbocycles. The van der Waals surface area contributed by atoms with Crippen LogP contribution < -0.4 is 0 Å².